The molecule has 0 N–H and O–H groups in total. The van der Waals surface area contributed by atoms with Gasteiger partial charge in [-0.2, -0.15) is 0 Å². The van der Waals surface area contributed by atoms with Crippen LogP contribution < -0.4 is 0 Å². The van der Waals surface area contributed by atoms with Crippen molar-refractivity contribution >= 4 is 0 Å². The van der Waals surface area contributed by atoms with Crippen molar-refractivity contribution in [2.45, 2.75) is 34.1 Å². The summed E-state index contributed by atoms with van der Waals surface area (Å²) in [7, 11) is 0. The van der Waals surface area contributed by atoms with Gasteiger partial charge in [0, 0.05) is 0 Å². The van der Waals surface area contributed by atoms with Crippen LogP contribution in [0.5, 0.6) is 0 Å². The molecule has 0 radical (unpaired) electrons. The number of aryl methyl sites for hydroxylation is 4. The lowest BCUT2D eigenvalue weighted by molar-refractivity contribution is 1.14. The summed E-state index contributed by atoms with van der Waals surface area (Å²) in [5.74, 6) is 0. The van der Waals surface area contributed by atoms with E-state index in [9.17, 15) is 0 Å². The van der Waals surface area contributed by atoms with Gasteiger partial charge in [0.15, 0.2) is 0 Å². The zero-order valence-corrected chi connectivity index (χ0v) is 18.3. The Bertz CT molecular complexity index is 802. The number of rotatable bonds is 1. The molecule has 0 aliphatic carbocycles. The van der Waals surface area contributed by atoms with Gasteiger partial charge in [-0.05, 0) is 43.9 Å². The maximum atomic E-state index is 2.16. The second-order valence-corrected chi connectivity index (χ2v) is 6.73. The van der Waals surface area contributed by atoms with E-state index in [0.717, 1.165) is 6.42 Å². The number of benzene rings is 4. The van der Waals surface area contributed by atoms with Crippen molar-refractivity contribution in [2.24, 2.45) is 0 Å². The van der Waals surface area contributed by atoms with E-state index >= 15 is 0 Å². The van der Waals surface area contributed by atoms with Crippen molar-refractivity contribution in [3.63, 3.8) is 0 Å². The van der Waals surface area contributed by atoms with Gasteiger partial charge in [-0.1, -0.05) is 134 Å². The molecule has 0 bridgehead atoms. The average Bonchev–Trinajstić information content (AvgIpc) is 2.79. The molecule has 0 atom stereocenters. The Morgan fingerprint density at radius 1 is 0.414 bits per heavy atom. The normalized spacial score (nSPS) is 8.83. The van der Waals surface area contributed by atoms with Crippen LogP contribution in [0.3, 0.4) is 0 Å². The molecule has 0 saturated carbocycles. The van der Waals surface area contributed by atoms with Gasteiger partial charge in [-0.15, -0.1) is 0 Å². The second kappa shape index (κ2) is 15.9. The molecule has 0 heteroatoms. The summed E-state index contributed by atoms with van der Waals surface area (Å²) in [5, 5.41) is 0. The Morgan fingerprint density at radius 2 is 0.724 bits per heavy atom. The molecule has 0 spiro atoms. The van der Waals surface area contributed by atoms with Crippen molar-refractivity contribution in [1.82, 2.24) is 0 Å². The quantitative estimate of drug-likeness (QED) is 0.311. The topological polar surface area (TPSA) is 0 Å². The fraction of sp³-hybridized carbons (Fsp3) is 0.172. The second-order valence-electron chi connectivity index (χ2n) is 6.73. The van der Waals surface area contributed by atoms with Crippen molar-refractivity contribution in [1.29, 1.82) is 0 Å². The lowest BCUT2D eigenvalue weighted by Crippen LogP contribution is -1.74. The van der Waals surface area contributed by atoms with Crippen LogP contribution >= 0.6 is 0 Å². The SMILES string of the molecule is CCc1ccccc1.Cc1ccccc1.Cc1ccccc1C.c1ccccc1. The van der Waals surface area contributed by atoms with Crippen LogP contribution in [-0.4, -0.2) is 0 Å². The third kappa shape index (κ3) is 12.8. The van der Waals surface area contributed by atoms with Gasteiger partial charge in [-0.3, -0.25) is 0 Å². The smallest absolute Gasteiger partial charge is 0.0307 e. The Hall–Kier alpha value is -3.12. The van der Waals surface area contributed by atoms with Gasteiger partial charge >= 0.3 is 0 Å². The molecule has 4 aromatic carbocycles. The zero-order valence-electron chi connectivity index (χ0n) is 18.3. The minimum atomic E-state index is 1.14. The summed E-state index contributed by atoms with van der Waals surface area (Å²) in [6.07, 6.45) is 1.14. The Labute approximate surface area is 177 Å². The van der Waals surface area contributed by atoms with Gasteiger partial charge < -0.3 is 0 Å². The first-order chi connectivity index (χ1) is 14.1. The monoisotopic (exact) mass is 382 g/mol. The summed E-state index contributed by atoms with van der Waals surface area (Å²) < 4.78 is 0. The first-order valence-corrected chi connectivity index (χ1v) is 10.2. The van der Waals surface area contributed by atoms with Crippen LogP contribution in [0, 0.1) is 20.8 Å². The molecule has 29 heavy (non-hydrogen) atoms. The van der Waals surface area contributed by atoms with E-state index in [1.807, 2.05) is 60.7 Å². The van der Waals surface area contributed by atoms with E-state index in [0.29, 0.717) is 0 Å². The van der Waals surface area contributed by atoms with Crippen molar-refractivity contribution in [3.8, 4) is 0 Å². The van der Waals surface area contributed by atoms with E-state index < -0.39 is 0 Å². The van der Waals surface area contributed by atoms with Gasteiger partial charge in [0.1, 0.15) is 0 Å². The maximum Gasteiger partial charge on any atom is -0.0307 e. The van der Waals surface area contributed by atoms with E-state index in [1.165, 1.54) is 22.3 Å². The van der Waals surface area contributed by atoms with Gasteiger partial charge in [0.25, 0.3) is 0 Å². The molecule has 0 unspecified atom stereocenters. The first-order valence-electron chi connectivity index (χ1n) is 10.2. The largest absolute Gasteiger partial charge is 0.0623 e. The molecule has 0 aliphatic rings. The fourth-order valence-electron chi connectivity index (χ4n) is 2.30. The molecule has 4 rings (SSSR count). The maximum absolute atomic E-state index is 2.16. The number of hydrogen-bond donors (Lipinski definition) is 0. The van der Waals surface area contributed by atoms with Gasteiger partial charge in [0.05, 0.1) is 0 Å². The summed E-state index contributed by atoms with van der Waals surface area (Å²) in [6, 6.07) is 41.1. The Kier molecular flexibility index (Phi) is 13.1. The fourth-order valence-corrected chi connectivity index (χ4v) is 2.30. The van der Waals surface area contributed by atoms with Crippen molar-refractivity contribution < 1.29 is 0 Å². The zero-order chi connectivity index (χ0) is 21.2. The molecule has 0 aromatic heterocycles. The molecule has 0 heterocycles. The minimum Gasteiger partial charge on any atom is -0.0623 e. The molecule has 0 fully saturated rings. The minimum absolute atomic E-state index is 1.14. The summed E-state index contributed by atoms with van der Waals surface area (Å²) in [4.78, 5) is 0. The van der Waals surface area contributed by atoms with E-state index in [1.54, 1.807) is 0 Å². The third-order valence-corrected chi connectivity index (χ3v) is 4.28. The van der Waals surface area contributed by atoms with Crippen molar-refractivity contribution in [3.05, 3.63) is 144 Å². The lowest BCUT2D eigenvalue weighted by Gasteiger charge is -1.93. The van der Waals surface area contributed by atoms with Crippen molar-refractivity contribution in [2.75, 3.05) is 0 Å². The van der Waals surface area contributed by atoms with Crippen LogP contribution in [-0.2, 0) is 6.42 Å². The van der Waals surface area contributed by atoms with Crippen LogP contribution in [0.2, 0.25) is 0 Å². The summed E-state index contributed by atoms with van der Waals surface area (Å²) >= 11 is 0. The lowest BCUT2D eigenvalue weighted by atomic mass is 10.1. The predicted octanol–water partition coefficient (Wildman–Crippen LogP) is 8.23. The molecule has 0 saturated heterocycles. The van der Waals surface area contributed by atoms with Gasteiger partial charge in [-0.25, -0.2) is 0 Å². The van der Waals surface area contributed by atoms with E-state index in [-0.39, 0.29) is 0 Å². The van der Waals surface area contributed by atoms with E-state index in [4.69, 9.17) is 0 Å². The van der Waals surface area contributed by atoms with Crippen LogP contribution in [0.1, 0.15) is 29.2 Å². The first kappa shape index (κ1) is 23.9. The Morgan fingerprint density at radius 3 is 0.966 bits per heavy atom. The average molecular weight is 383 g/mol. The van der Waals surface area contributed by atoms with Crippen LogP contribution in [0.15, 0.2) is 121 Å². The summed E-state index contributed by atoms with van der Waals surface area (Å²) in [6.45, 7) is 8.49. The molecule has 0 amide bonds. The molecule has 4 aromatic rings. The van der Waals surface area contributed by atoms with Crippen LogP contribution in [0.25, 0.3) is 0 Å². The molecule has 150 valence electrons. The van der Waals surface area contributed by atoms with Gasteiger partial charge in [0.2, 0.25) is 0 Å². The standard InChI is InChI=1S/2C8H10.C7H8.C6H6/c1-7-5-3-4-6-8(7)2;1-2-8-6-4-3-5-7-8;1-7-5-3-2-4-6-7;1-2-4-6-5-3-1/h3-6H,1-2H3;3-7H,2H2,1H3;2-6H,1H3;1-6H. The highest BCUT2D eigenvalue weighted by atomic mass is 13.9. The third-order valence-electron chi connectivity index (χ3n) is 4.28. The highest BCUT2D eigenvalue weighted by Gasteiger charge is 1.84. The molecular weight excluding hydrogens is 348 g/mol. The molecule has 0 aliphatic heterocycles. The van der Waals surface area contributed by atoms with Crippen LogP contribution in [0.4, 0.5) is 0 Å². The highest BCUT2D eigenvalue weighted by Crippen LogP contribution is 2.02. The molecular formula is C29H34. The predicted molar refractivity (Wildman–Crippen MR) is 129 cm³/mol. The Balaban J connectivity index is 0.000000194. The number of hydrogen-bond acceptors (Lipinski definition) is 0. The van der Waals surface area contributed by atoms with E-state index in [2.05, 4.69) is 88.4 Å². The molecule has 0 nitrogen and oxygen atoms in total. The summed E-state index contributed by atoms with van der Waals surface area (Å²) in [5.41, 5.74) is 5.47. The highest BCUT2D eigenvalue weighted by molar-refractivity contribution is 5.23.